The highest BCUT2D eigenvalue weighted by atomic mass is 16.2. The third-order valence-electron chi connectivity index (χ3n) is 3.42. The molecule has 19 heavy (non-hydrogen) atoms. The minimum atomic E-state index is -0.0607. The monoisotopic (exact) mass is 260 g/mol. The van der Waals surface area contributed by atoms with Gasteiger partial charge in [-0.05, 0) is 24.8 Å². The Morgan fingerprint density at radius 1 is 1.32 bits per heavy atom. The molecular formula is C15H20N2O2. The fourth-order valence-electron chi connectivity index (χ4n) is 2.25. The number of nitrogens with one attached hydrogen (secondary N) is 2. The lowest BCUT2D eigenvalue weighted by atomic mass is 9.98. The Balaban J connectivity index is 1.63. The van der Waals surface area contributed by atoms with Crippen LogP contribution in [0.25, 0.3) is 0 Å². The summed E-state index contributed by atoms with van der Waals surface area (Å²) < 4.78 is 0. The maximum atomic E-state index is 11.9. The Labute approximate surface area is 113 Å². The van der Waals surface area contributed by atoms with Crippen LogP contribution in [0.15, 0.2) is 30.3 Å². The predicted octanol–water partition coefficient (Wildman–Crippen LogP) is 1.26. The Kier molecular flexibility index (Phi) is 4.95. The normalized spacial score (nSPS) is 18.7. The standard InChI is InChI=1S/C15H20N2O2/c18-14-9-8-13(11-17-14)15(19)16-10-4-7-12-5-2-1-3-6-12/h1-3,5-6,13H,4,7-11H2,(H,16,19)(H,17,18). The summed E-state index contributed by atoms with van der Waals surface area (Å²) in [6.45, 7) is 1.17. The van der Waals surface area contributed by atoms with Crippen molar-refractivity contribution in [2.75, 3.05) is 13.1 Å². The van der Waals surface area contributed by atoms with Gasteiger partial charge in [-0.2, -0.15) is 0 Å². The van der Waals surface area contributed by atoms with Crippen LogP contribution in [0.2, 0.25) is 0 Å². The van der Waals surface area contributed by atoms with Gasteiger partial charge in [0.25, 0.3) is 0 Å². The van der Waals surface area contributed by atoms with Crippen molar-refractivity contribution in [3.05, 3.63) is 35.9 Å². The number of amides is 2. The number of carbonyl (C=O) groups is 2. The molecule has 0 bridgehead atoms. The molecule has 0 aromatic heterocycles. The van der Waals surface area contributed by atoms with Crippen LogP contribution >= 0.6 is 0 Å². The Hall–Kier alpha value is -1.84. The maximum Gasteiger partial charge on any atom is 0.224 e. The number of rotatable bonds is 5. The second-order valence-electron chi connectivity index (χ2n) is 4.92. The average molecular weight is 260 g/mol. The van der Waals surface area contributed by atoms with Gasteiger partial charge >= 0.3 is 0 Å². The smallest absolute Gasteiger partial charge is 0.224 e. The third-order valence-corrected chi connectivity index (χ3v) is 3.42. The molecule has 1 atom stereocenters. The zero-order chi connectivity index (χ0) is 13.5. The first-order valence-electron chi connectivity index (χ1n) is 6.84. The van der Waals surface area contributed by atoms with Crippen molar-refractivity contribution >= 4 is 11.8 Å². The summed E-state index contributed by atoms with van der Waals surface area (Å²) in [7, 11) is 0. The fraction of sp³-hybridized carbons (Fsp3) is 0.467. The van der Waals surface area contributed by atoms with Gasteiger partial charge in [0.05, 0.1) is 5.92 Å². The molecule has 1 aromatic carbocycles. The Morgan fingerprint density at radius 3 is 2.79 bits per heavy atom. The number of piperidine rings is 1. The van der Waals surface area contributed by atoms with Crippen LogP contribution in [0.5, 0.6) is 0 Å². The van der Waals surface area contributed by atoms with Crippen LogP contribution in [-0.2, 0) is 16.0 Å². The van der Waals surface area contributed by atoms with Crippen LogP contribution in [0.3, 0.4) is 0 Å². The first-order chi connectivity index (χ1) is 9.25. The van der Waals surface area contributed by atoms with E-state index in [1.165, 1.54) is 5.56 Å². The van der Waals surface area contributed by atoms with E-state index in [0.717, 1.165) is 12.8 Å². The van der Waals surface area contributed by atoms with Crippen molar-refractivity contribution in [1.82, 2.24) is 10.6 Å². The van der Waals surface area contributed by atoms with Crippen molar-refractivity contribution in [2.45, 2.75) is 25.7 Å². The highest BCUT2D eigenvalue weighted by Crippen LogP contribution is 2.10. The largest absolute Gasteiger partial charge is 0.356 e. The van der Waals surface area contributed by atoms with Gasteiger partial charge in [-0.1, -0.05) is 30.3 Å². The lowest BCUT2D eigenvalue weighted by Crippen LogP contribution is -2.43. The lowest BCUT2D eigenvalue weighted by molar-refractivity contribution is -0.128. The van der Waals surface area contributed by atoms with E-state index < -0.39 is 0 Å². The minimum absolute atomic E-state index is 0.0492. The summed E-state index contributed by atoms with van der Waals surface area (Å²) in [6, 6.07) is 10.2. The molecule has 0 spiro atoms. The third kappa shape index (κ3) is 4.39. The van der Waals surface area contributed by atoms with Crippen molar-refractivity contribution < 1.29 is 9.59 Å². The zero-order valence-corrected chi connectivity index (χ0v) is 11.0. The summed E-state index contributed by atoms with van der Waals surface area (Å²) in [4.78, 5) is 22.9. The summed E-state index contributed by atoms with van der Waals surface area (Å²) >= 11 is 0. The van der Waals surface area contributed by atoms with E-state index in [1.807, 2.05) is 18.2 Å². The van der Waals surface area contributed by atoms with Crippen LogP contribution in [0, 0.1) is 5.92 Å². The van der Waals surface area contributed by atoms with Gasteiger partial charge in [-0.15, -0.1) is 0 Å². The summed E-state index contributed by atoms with van der Waals surface area (Å²) in [5.74, 6) is 0.0515. The number of hydrogen-bond donors (Lipinski definition) is 2. The zero-order valence-electron chi connectivity index (χ0n) is 11.0. The molecular weight excluding hydrogens is 240 g/mol. The second kappa shape index (κ2) is 6.92. The second-order valence-corrected chi connectivity index (χ2v) is 4.92. The van der Waals surface area contributed by atoms with Gasteiger partial charge in [-0.25, -0.2) is 0 Å². The van der Waals surface area contributed by atoms with Crippen LogP contribution in [-0.4, -0.2) is 24.9 Å². The van der Waals surface area contributed by atoms with Gasteiger partial charge in [0.1, 0.15) is 0 Å². The summed E-state index contributed by atoms with van der Waals surface area (Å²) in [5, 5.41) is 5.68. The number of aryl methyl sites for hydroxylation is 1. The van der Waals surface area contributed by atoms with E-state index in [2.05, 4.69) is 22.8 Å². The molecule has 1 saturated heterocycles. The molecule has 1 heterocycles. The first-order valence-corrected chi connectivity index (χ1v) is 6.84. The number of hydrogen-bond acceptors (Lipinski definition) is 2. The number of benzene rings is 1. The highest BCUT2D eigenvalue weighted by molar-refractivity contribution is 5.83. The highest BCUT2D eigenvalue weighted by Gasteiger charge is 2.23. The Morgan fingerprint density at radius 2 is 2.11 bits per heavy atom. The molecule has 0 radical (unpaired) electrons. The van der Waals surface area contributed by atoms with Crippen LogP contribution < -0.4 is 10.6 Å². The maximum absolute atomic E-state index is 11.9. The minimum Gasteiger partial charge on any atom is -0.356 e. The van der Waals surface area contributed by atoms with Gasteiger partial charge in [0.2, 0.25) is 11.8 Å². The predicted molar refractivity (Wildman–Crippen MR) is 73.5 cm³/mol. The van der Waals surface area contributed by atoms with E-state index >= 15 is 0 Å². The average Bonchev–Trinajstić information content (AvgIpc) is 2.45. The van der Waals surface area contributed by atoms with E-state index in [4.69, 9.17) is 0 Å². The molecule has 0 saturated carbocycles. The van der Waals surface area contributed by atoms with Crippen molar-refractivity contribution in [2.24, 2.45) is 5.92 Å². The van der Waals surface area contributed by atoms with E-state index in [-0.39, 0.29) is 17.7 Å². The van der Waals surface area contributed by atoms with Crippen LogP contribution in [0.4, 0.5) is 0 Å². The van der Waals surface area contributed by atoms with Crippen molar-refractivity contribution in [3.63, 3.8) is 0 Å². The molecule has 1 aromatic rings. The Bertz CT molecular complexity index is 421. The fourth-order valence-corrected chi connectivity index (χ4v) is 2.25. The van der Waals surface area contributed by atoms with Gasteiger partial charge < -0.3 is 10.6 Å². The van der Waals surface area contributed by atoms with E-state index in [0.29, 0.717) is 25.9 Å². The van der Waals surface area contributed by atoms with Crippen molar-refractivity contribution in [3.8, 4) is 0 Å². The molecule has 102 valence electrons. The summed E-state index contributed by atoms with van der Waals surface area (Å²) in [5.41, 5.74) is 1.29. The van der Waals surface area contributed by atoms with Gasteiger partial charge in [0.15, 0.2) is 0 Å². The lowest BCUT2D eigenvalue weighted by Gasteiger charge is -2.21. The quantitative estimate of drug-likeness (QED) is 0.783. The molecule has 1 fully saturated rings. The topological polar surface area (TPSA) is 58.2 Å². The van der Waals surface area contributed by atoms with E-state index in [9.17, 15) is 9.59 Å². The van der Waals surface area contributed by atoms with Gasteiger partial charge in [0, 0.05) is 19.5 Å². The van der Waals surface area contributed by atoms with Gasteiger partial charge in [-0.3, -0.25) is 9.59 Å². The molecule has 2 N–H and O–H groups in total. The molecule has 1 aliphatic heterocycles. The molecule has 2 amide bonds. The molecule has 4 heteroatoms. The molecule has 0 aliphatic carbocycles. The van der Waals surface area contributed by atoms with E-state index in [1.54, 1.807) is 0 Å². The molecule has 4 nitrogen and oxygen atoms in total. The van der Waals surface area contributed by atoms with Crippen molar-refractivity contribution in [1.29, 1.82) is 0 Å². The SMILES string of the molecule is O=C1CCC(C(=O)NCCCc2ccccc2)CN1. The molecule has 1 aliphatic rings. The summed E-state index contributed by atoms with van der Waals surface area (Å²) in [6.07, 6.45) is 3.04. The first kappa shape index (κ1) is 13.6. The molecule has 1 unspecified atom stereocenters. The molecule has 2 rings (SSSR count). The van der Waals surface area contributed by atoms with Crippen LogP contribution in [0.1, 0.15) is 24.8 Å². The number of carbonyl (C=O) groups excluding carboxylic acids is 2.